The Morgan fingerprint density at radius 2 is 2.05 bits per heavy atom. The summed E-state index contributed by atoms with van der Waals surface area (Å²) in [4.78, 5) is 2.35. The van der Waals surface area contributed by atoms with E-state index < -0.39 is 0 Å². The van der Waals surface area contributed by atoms with E-state index in [1.54, 1.807) is 7.11 Å². The van der Waals surface area contributed by atoms with E-state index in [-0.39, 0.29) is 30.9 Å². The highest BCUT2D eigenvalue weighted by Gasteiger charge is 2.24. The van der Waals surface area contributed by atoms with E-state index in [0.29, 0.717) is 6.42 Å². The third-order valence-corrected chi connectivity index (χ3v) is 3.92. The van der Waals surface area contributed by atoms with Crippen molar-refractivity contribution in [2.45, 2.75) is 12.5 Å². The maximum absolute atomic E-state index is 9.12. The van der Waals surface area contributed by atoms with Crippen LogP contribution in [0, 0.1) is 11.3 Å². The van der Waals surface area contributed by atoms with E-state index in [9.17, 15) is 0 Å². The minimum absolute atomic E-state index is 0. The van der Waals surface area contributed by atoms with Crippen molar-refractivity contribution in [1.29, 1.82) is 5.26 Å². The fraction of sp³-hybridized carbons (Fsp3) is 0.500. The SMILES string of the molecule is COc1ccc(Br)cc1[C@@H](CC#N)N1CCNCC1.Cl.Cl. The van der Waals surface area contributed by atoms with Crippen LogP contribution in [0.25, 0.3) is 0 Å². The quantitative estimate of drug-likeness (QED) is 0.849. The first kappa shape index (κ1) is 20.5. The third kappa shape index (κ3) is 5.32. The lowest BCUT2D eigenvalue weighted by Crippen LogP contribution is -2.45. The topological polar surface area (TPSA) is 48.3 Å². The van der Waals surface area contributed by atoms with Crippen molar-refractivity contribution in [3.8, 4) is 11.8 Å². The van der Waals surface area contributed by atoms with Crippen molar-refractivity contribution in [2.24, 2.45) is 0 Å². The van der Waals surface area contributed by atoms with E-state index >= 15 is 0 Å². The highest BCUT2D eigenvalue weighted by Crippen LogP contribution is 2.34. The molecule has 1 saturated heterocycles. The molecular formula is C14H20BrCl2N3O. The Hall–Kier alpha value is -0.510. The van der Waals surface area contributed by atoms with Gasteiger partial charge in [-0.3, -0.25) is 4.90 Å². The summed E-state index contributed by atoms with van der Waals surface area (Å²) in [5, 5.41) is 12.5. The van der Waals surface area contributed by atoms with Crippen LogP contribution in [0.4, 0.5) is 0 Å². The lowest BCUT2D eigenvalue weighted by Gasteiger charge is -2.34. The molecule has 0 aromatic heterocycles. The highest BCUT2D eigenvalue weighted by atomic mass is 79.9. The highest BCUT2D eigenvalue weighted by molar-refractivity contribution is 9.10. The Balaban J connectivity index is 0.00000200. The number of nitriles is 1. The summed E-state index contributed by atoms with van der Waals surface area (Å²) in [6.07, 6.45) is 0.479. The number of methoxy groups -OCH3 is 1. The van der Waals surface area contributed by atoms with Gasteiger partial charge < -0.3 is 10.1 Å². The molecule has 1 aromatic rings. The second kappa shape index (κ2) is 10.3. The summed E-state index contributed by atoms with van der Waals surface area (Å²) < 4.78 is 6.46. The molecule has 1 aliphatic rings. The van der Waals surface area contributed by atoms with Crippen molar-refractivity contribution >= 4 is 40.7 Å². The molecule has 1 fully saturated rings. The molecule has 118 valence electrons. The molecule has 0 bridgehead atoms. The minimum Gasteiger partial charge on any atom is -0.496 e. The molecule has 0 amide bonds. The van der Waals surface area contributed by atoms with Gasteiger partial charge in [0.15, 0.2) is 0 Å². The molecule has 1 aliphatic heterocycles. The number of nitrogens with zero attached hydrogens (tertiary/aromatic N) is 2. The smallest absolute Gasteiger partial charge is 0.123 e. The second-order valence-corrected chi connectivity index (χ2v) is 5.47. The Morgan fingerprint density at radius 1 is 1.38 bits per heavy atom. The zero-order valence-electron chi connectivity index (χ0n) is 11.8. The summed E-state index contributed by atoms with van der Waals surface area (Å²) in [6.45, 7) is 3.86. The number of halogens is 3. The van der Waals surface area contributed by atoms with Crippen molar-refractivity contribution in [3.63, 3.8) is 0 Å². The van der Waals surface area contributed by atoms with E-state index in [4.69, 9.17) is 10.00 Å². The molecule has 21 heavy (non-hydrogen) atoms. The van der Waals surface area contributed by atoms with Crippen LogP contribution in [-0.4, -0.2) is 38.2 Å². The number of hydrogen-bond acceptors (Lipinski definition) is 4. The fourth-order valence-corrected chi connectivity index (χ4v) is 2.86. The molecule has 1 atom stereocenters. The molecule has 0 spiro atoms. The molecule has 0 saturated carbocycles. The lowest BCUT2D eigenvalue weighted by atomic mass is 10.0. The number of ether oxygens (including phenoxy) is 1. The first-order valence-corrected chi connectivity index (χ1v) is 7.20. The minimum atomic E-state index is 0. The monoisotopic (exact) mass is 395 g/mol. The molecule has 0 radical (unpaired) electrons. The number of benzene rings is 1. The Bertz CT molecular complexity index is 476. The normalized spacial score (nSPS) is 16.0. The van der Waals surface area contributed by atoms with Gasteiger partial charge >= 0.3 is 0 Å². The van der Waals surface area contributed by atoms with Gasteiger partial charge in [-0.1, -0.05) is 15.9 Å². The molecule has 1 N–H and O–H groups in total. The standard InChI is InChI=1S/C14H18BrN3O.2ClH/c1-19-14-3-2-11(15)10-12(14)13(4-5-16)18-8-6-17-7-9-18;;/h2-3,10,13,17H,4,6-9H2,1H3;2*1H/t13-;;/m1../s1. The van der Waals surface area contributed by atoms with Gasteiger partial charge in [0.2, 0.25) is 0 Å². The molecule has 7 heteroatoms. The van der Waals surface area contributed by atoms with Crippen LogP contribution in [0.2, 0.25) is 0 Å². The second-order valence-electron chi connectivity index (χ2n) is 4.55. The predicted octanol–water partition coefficient (Wildman–Crippen LogP) is 3.16. The van der Waals surface area contributed by atoms with E-state index in [0.717, 1.165) is 42.0 Å². The largest absolute Gasteiger partial charge is 0.496 e. The van der Waals surface area contributed by atoms with Gasteiger partial charge in [0.05, 0.1) is 25.6 Å². The maximum atomic E-state index is 9.12. The average Bonchev–Trinajstić information content (AvgIpc) is 2.45. The van der Waals surface area contributed by atoms with Gasteiger partial charge in [-0.2, -0.15) is 5.26 Å². The van der Waals surface area contributed by atoms with Crippen LogP contribution in [0.15, 0.2) is 22.7 Å². The molecule has 1 aromatic carbocycles. The molecular weight excluding hydrogens is 377 g/mol. The van der Waals surface area contributed by atoms with Crippen molar-refractivity contribution < 1.29 is 4.74 Å². The molecule has 0 unspecified atom stereocenters. The number of piperazine rings is 1. The van der Waals surface area contributed by atoms with E-state index in [1.807, 2.05) is 12.1 Å². The van der Waals surface area contributed by atoms with Gasteiger partial charge in [-0.05, 0) is 18.2 Å². The Morgan fingerprint density at radius 3 is 2.62 bits per heavy atom. The number of rotatable bonds is 4. The van der Waals surface area contributed by atoms with Crippen LogP contribution in [-0.2, 0) is 0 Å². The fourth-order valence-electron chi connectivity index (χ4n) is 2.48. The van der Waals surface area contributed by atoms with E-state index in [2.05, 4.69) is 38.3 Å². The van der Waals surface area contributed by atoms with Crippen LogP contribution in [0.1, 0.15) is 18.0 Å². The van der Waals surface area contributed by atoms with Gasteiger partial charge in [0, 0.05) is 36.2 Å². The Labute approximate surface area is 146 Å². The van der Waals surface area contributed by atoms with Crippen molar-refractivity contribution in [1.82, 2.24) is 10.2 Å². The Kier molecular flexibility index (Phi) is 10.0. The van der Waals surface area contributed by atoms with Gasteiger partial charge in [-0.15, -0.1) is 24.8 Å². The van der Waals surface area contributed by atoms with Gasteiger partial charge in [0.1, 0.15) is 5.75 Å². The van der Waals surface area contributed by atoms with Gasteiger partial charge in [-0.25, -0.2) is 0 Å². The summed E-state index contributed by atoms with van der Waals surface area (Å²) in [7, 11) is 1.67. The first-order chi connectivity index (χ1) is 9.26. The molecule has 2 rings (SSSR count). The first-order valence-electron chi connectivity index (χ1n) is 6.41. The van der Waals surface area contributed by atoms with Crippen molar-refractivity contribution in [3.05, 3.63) is 28.2 Å². The summed E-state index contributed by atoms with van der Waals surface area (Å²) in [5.41, 5.74) is 1.08. The summed E-state index contributed by atoms with van der Waals surface area (Å²) >= 11 is 3.50. The van der Waals surface area contributed by atoms with Crippen LogP contribution in [0.5, 0.6) is 5.75 Å². The maximum Gasteiger partial charge on any atom is 0.123 e. The predicted molar refractivity (Wildman–Crippen MR) is 92.6 cm³/mol. The zero-order chi connectivity index (χ0) is 13.7. The van der Waals surface area contributed by atoms with Crippen LogP contribution < -0.4 is 10.1 Å². The third-order valence-electron chi connectivity index (χ3n) is 3.43. The number of hydrogen-bond donors (Lipinski definition) is 1. The average molecular weight is 397 g/mol. The van der Waals surface area contributed by atoms with Gasteiger partial charge in [0.25, 0.3) is 0 Å². The molecule has 4 nitrogen and oxygen atoms in total. The van der Waals surface area contributed by atoms with Crippen molar-refractivity contribution in [2.75, 3.05) is 33.3 Å². The molecule has 1 heterocycles. The number of nitrogens with one attached hydrogen (secondary N) is 1. The lowest BCUT2D eigenvalue weighted by molar-refractivity contribution is 0.172. The van der Waals surface area contributed by atoms with Crippen LogP contribution >= 0.6 is 40.7 Å². The van der Waals surface area contributed by atoms with E-state index in [1.165, 1.54) is 0 Å². The summed E-state index contributed by atoms with van der Waals surface area (Å²) in [6, 6.07) is 8.37. The van der Waals surface area contributed by atoms with Crippen LogP contribution in [0.3, 0.4) is 0 Å². The zero-order valence-corrected chi connectivity index (χ0v) is 15.1. The summed E-state index contributed by atoms with van der Waals surface area (Å²) in [5.74, 6) is 0.849. The molecule has 0 aliphatic carbocycles.